The van der Waals surface area contributed by atoms with Gasteiger partial charge in [-0.2, -0.15) is 5.26 Å². The van der Waals surface area contributed by atoms with Gasteiger partial charge in [-0.05, 0) is 12.1 Å². The van der Waals surface area contributed by atoms with Gasteiger partial charge in [0.2, 0.25) is 0 Å². The van der Waals surface area contributed by atoms with Crippen LogP contribution in [0.15, 0.2) is 12.1 Å². The lowest BCUT2D eigenvalue weighted by molar-refractivity contribution is 0.111. The van der Waals surface area contributed by atoms with Crippen molar-refractivity contribution < 1.29 is 4.79 Å². The van der Waals surface area contributed by atoms with Crippen LogP contribution in [0.25, 0.3) is 0 Å². The highest BCUT2D eigenvalue weighted by Crippen LogP contribution is 2.02. The van der Waals surface area contributed by atoms with Crippen molar-refractivity contribution in [3.05, 3.63) is 23.5 Å². The van der Waals surface area contributed by atoms with Crippen molar-refractivity contribution in [2.75, 3.05) is 0 Å². The molecule has 0 aliphatic heterocycles. The molecule has 0 aliphatic rings. The first-order valence-electron chi connectivity index (χ1n) is 2.80. The van der Waals surface area contributed by atoms with E-state index in [0.717, 1.165) is 6.29 Å². The Balaban J connectivity index is 3.24. The molecule has 3 nitrogen and oxygen atoms in total. The van der Waals surface area contributed by atoms with Crippen LogP contribution in [0.1, 0.15) is 16.2 Å². The van der Waals surface area contributed by atoms with Crippen LogP contribution < -0.4 is 0 Å². The van der Waals surface area contributed by atoms with Gasteiger partial charge in [0.05, 0.1) is 5.69 Å². The molecular formula is C7H6N2O. The molecule has 0 saturated heterocycles. The summed E-state index contributed by atoms with van der Waals surface area (Å²) in [5.41, 5.74) is 1.03. The van der Waals surface area contributed by atoms with Crippen LogP contribution in [-0.2, 0) is 7.05 Å². The van der Waals surface area contributed by atoms with Gasteiger partial charge in [0.15, 0.2) is 6.29 Å². The third-order valence-electron chi connectivity index (χ3n) is 1.40. The number of aromatic nitrogens is 1. The van der Waals surface area contributed by atoms with E-state index in [0.29, 0.717) is 11.4 Å². The van der Waals surface area contributed by atoms with Gasteiger partial charge in [-0.25, -0.2) is 0 Å². The first kappa shape index (κ1) is 6.56. The minimum atomic E-state index is 0.502. The molecule has 3 heteroatoms. The topological polar surface area (TPSA) is 45.8 Å². The lowest BCUT2D eigenvalue weighted by Crippen LogP contribution is -1.96. The van der Waals surface area contributed by atoms with Gasteiger partial charge in [0.1, 0.15) is 11.8 Å². The number of hydrogen-bond donors (Lipinski definition) is 0. The maximum absolute atomic E-state index is 10.2. The van der Waals surface area contributed by atoms with Crippen molar-refractivity contribution >= 4 is 6.29 Å². The molecule has 0 atom stereocenters. The first-order chi connectivity index (χ1) is 4.79. The largest absolute Gasteiger partial charge is 0.333 e. The summed E-state index contributed by atoms with van der Waals surface area (Å²) >= 11 is 0. The zero-order valence-corrected chi connectivity index (χ0v) is 5.53. The smallest absolute Gasteiger partial charge is 0.166 e. The third kappa shape index (κ3) is 0.799. The average molecular weight is 134 g/mol. The van der Waals surface area contributed by atoms with E-state index in [4.69, 9.17) is 5.26 Å². The molecule has 0 spiro atoms. The molecule has 1 aromatic heterocycles. The van der Waals surface area contributed by atoms with E-state index >= 15 is 0 Å². The van der Waals surface area contributed by atoms with E-state index < -0.39 is 0 Å². The minimum Gasteiger partial charge on any atom is -0.333 e. The molecule has 0 N–H and O–H groups in total. The average Bonchev–Trinajstić information content (AvgIpc) is 2.30. The summed E-state index contributed by atoms with van der Waals surface area (Å²) in [7, 11) is 1.68. The predicted molar refractivity (Wildman–Crippen MR) is 35.5 cm³/mol. The summed E-state index contributed by atoms with van der Waals surface area (Å²) in [6.45, 7) is 0. The minimum absolute atomic E-state index is 0.502. The fourth-order valence-corrected chi connectivity index (χ4v) is 0.758. The van der Waals surface area contributed by atoms with Crippen LogP contribution in [0, 0.1) is 11.3 Å². The van der Waals surface area contributed by atoms with Gasteiger partial charge in [-0.15, -0.1) is 0 Å². The van der Waals surface area contributed by atoms with Crippen molar-refractivity contribution in [3.63, 3.8) is 0 Å². The zero-order chi connectivity index (χ0) is 7.56. The Labute approximate surface area is 58.5 Å². The highest BCUT2D eigenvalue weighted by molar-refractivity contribution is 5.73. The highest BCUT2D eigenvalue weighted by atomic mass is 16.1. The highest BCUT2D eigenvalue weighted by Gasteiger charge is 2.00. The monoisotopic (exact) mass is 134 g/mol. The van der Waals surface area contributed by atoms with E-state index in [-0.39, 0.29) is 0 Å². The van der Waals surface area contributed by atoms with Crippen LogP contribution in [0.4, 0.5) is 0 Å². The number of aldehydes is 1. The second-order valence-electron chi connectivity index (χ2n) is 1.93. The van der Waals surface area contributed by atoms with E-state index in [1.54, 1.807) is 23.7 Å². The molecule has 0 unspecified atom stereocenters. The SMILES string of the molecule is Cn1c(C#N)ccc1C=O. The zero-order valence-electron chi connectivity index (χ0n) is 5.53. The maximum atomic E-state index is 10.2. The molecule has 1 aromatic rings. The van der Waals surface area contributed by atoms with E-state index in [2.05, 4.69) is 0 Å². The summed E-state index contributed by atoms with van der Waals surface area (Å²) in [4.78, 5) is 10.2. The van der Waals surface area contributed by atoms with Crippen LogP contribution in [0.3, 0.4) is 0 Å². The van der Waals surface area contributed by atoms with Crippen LogP contribution in [0.2, 0.25) is 0 Å². The maximum Gasteiger partial charge on any atom is 0.166 e. The second-order valence-corrected chi connectivity index (χ2v) is 1.93. The van der Waals surface area contributed by atoms with E-state index in [9.17, 15) is 4.79 Å². The number of carbonyl (C=O) groups is 1. The molecule has 10 heavy (non-hydrogen) atoms. The molecule has 0 bridgehead atoms. The Bertz CT molecular complexity index is 293. The lowest BCUT2D eigenvalue weighted by Gasteiger charge is -1.93. The normalized spacial score (nSPS) is 8.80. The molecule has 0 amide bonds. The van der Waals surface area contributed by atoms with Crippen molar-refractivity contribution in [3.8, 4) is 6.07 Å². The summed E-state index contributed by atoms with van der Waals surface area (Å²) in [5, 5.41) is 8.44. The standard InChI is InChI=1S/C7H6N2O/c1-9-6(4-8)2-3-7(9)5-10/h2-3,5H,1H3. The second kappa shape index (κ2) is 2.36. The van der Waals surface area contributed by atoms with Crippen LogP contribution in [-0.4, -0.2) is 10.9 Å². The van der Waals surface area contributed by atoms with Gasteiger partial charge < -0.3 is 4.57 Å². The molecule has 0 fully saturated rings. The molecule has 50 valence electrons. The van der Waals surface area contributed by atoms with Crippen molar-refractivity contribution in [1.29, 1.82) is 5.26 Å². The Kier molecular flexibility index (Phi) is 1.55. The number of rotatable bonds is 1. The van der Waals surface area contributed by atoms with E-state index in [1.807, 2.05) is 6.07 Å². The van der Waals surface area contributed by atoms with E-state index in [1.165, 1.54) is 0 Å². The number of carbonyl (C=O) groups excluding carboxylic acids is 1. The Morgan fingerprint density at radius 3 is 2.70 bits per heavy atom. The fraction of sp³-hybridized carbons (Fsp3) is 0.143. The van der Waals surface area contributed by atoms with Gasteiger partial charge in [-0.1, -0.05) is 0 Å². The Morgan fingerprint density at radius 1 is 1.70 bits per heavy atom. The molecular weight excluding hydrogens is 128 g/mol. The molecule has 0 aliphatic carbocycles. The first-order valence-corrected chi connectivity index (χ1v) is 2.80. The Hall–Kier alpha value is -1.56. The van der Waals surface area contributed by atoms with Crippen LogP contribution in [0.5, 0.6) is 0 Å². The summed E-state index contributed by atoms with van der Waals surface area (Å²) in [5.74, 6) is 0. The fourth-order valence-electron chi connectivity index (χ4n) is 0.758. The van der Waals surface area contributed by atoms with Crippen molar-refractivity contribution in [2.24, 2.45) is 7.05 Å². The summed E-state index contributed by atoms with van der Waals surface area (Å²) in [6.07, 6.45) is 0.723. The number of nitrogens with zero attached hydrogens (tertiary/aromatic N) is 2. The van der Waals surface area contributed by atoms with Gasteiger partial charge in [0, 0.05) is 7.05 Å². The van der Waals surface area contributed by atoms with Crippen LogP contribution >= 0.6 is 0 Å². The number of hydrogen-bond acceptors (Lipinski definition) is 2. The molecule has 0 saturated carbocycles. The quantitative estimate of drug-likeness (QED) is 0.531. The Morgan fingerprint density at radius 2 is 2.40 bits per heavy atom. The molecule has 0 aromatic carbocycles. The predicted octanol–water partition coefficient (Wildman–Crippen LogP) is 0.709. The summed E-state index contributed by atoms with van der Waals surface area (Å²) in [6, 6.07) is 5.19. The van der Waals surface area contributed by atoms with Gasteiger partial charge in [-0.3, -0.25) is 4.79 Å². The molecule has 0 radical (unpaired) electrons. The summed E-state index contributed by atoms with van der Waals surface area (Å²) < 4.78 is 1.55. The molecule has 1 rings (SSSR count). The third-order valence-corrected chi connectivity index (χ3v) is 1.40. The number of nitriles is 1. The molecule has 1 heterocycles. The van der Waals surface area contributed by atoms with Gasteiger partial charge >= 0.3 is 0 Å². The van der Waals surface area contributed by atoms with Crippen molar-refractivity contribution in [2.45, 2.75) is 0 Å². The van der Waals surface area contributed by atoms with Crippen molar-refractivity contribution in [1.82, 2.24) is 4.57 Å². The van der Waals surface area contributed by atoms with Gasteiger partial charge in [0.25, 0.3) is 0 Å². The lowest BCUT2D eigenvalue weighted by atomic mass is 10.4.